The highest BCUT2D eigenvalue weighted by molar-refractivity contribution is 5.48. The van der Waals surface area contributed by atoms with Crippen LogP contribution in [0.5, 0.6) is 11.5 Å². The largest absolute Gasteiger partial charge is 0.493 e. The molecule has 1 aromatic carbocycles. The van der Waals surface area contributed by atoms with Crippen molar-refractivity contribution in [2.24, 2.45) is 5.92 Å². The summed E-state index contributed by atoms with van der Waals surface area (Å²) in [4.78, 5) is 0. The van der Waals surface area contributed by atoms with E-state index in [1.165, 1.54) is 11.1 Å². The lowest BCUT2D eigenvalue weighted by atomic mass is 9.89. The number of hydrogen-bond acceptors (Lipinski definition) is 3. The number of rotatable bonds is 8. The Hall–Kier alpha value is -1.22. The van der Waals surface area contributed by atoms with Gasteiger partial charge in [0.2, 0.25) is 0 Å². The van der Waals surface area contributed by atoms with Crippen molar-refractivity contribution in [3.05, 3.63) is 23.3 Å². The standard InChI is InChI=1S/C17H29NO2/c1-7-9-18-17(12(3)8-2)14-11-16(20-6)15(19-5)10-13(14)4/h10-12,17-18H,7-9H2,1-6H3. The zero-order valence-electron chi connectivity index (χ0n) is 13.7. The zero-order chi connectivity index (χ0) is 15.1. The Bertz CT molecular complexity index is 418. The van der Waals surface area contributed by atoms with E-state index >= 15 is 0 Å². The number of ether oxygens (including phenoxy) is 2. The Morgan fingerprint density at radius 2 is 1.70 bits per heavy atom. The van der Waals surface area contributed by atoms with E-state index in [2.05, 4.69) is 45.1 Å². The Balaban J connectivity index is 3.17. The summed E-state index contributed by atoms with van der Waals surface area (Å²) in [6.07, 6.45) is 2.29. The Morgan fingerprint density at radius 3 is 2.20 bits per heavy atom. The van der Waals surface area contributed by atoms with Crippen LogP contribution < -0.4 is 14.8 Å². The third-order valence-corrected chi connectivity index (χ3v) is 3.93. The monoisotopic (exact) mass is 279 g/mol. The first-order chi connectivity index (χ1) is 9.58. The van der Waals surface area contributed by atoms with Crippen LogP contribution in [0.25, 0.3) is 0 Å². The summed E-state index contributed by atoms with van der Waals surface area (Å²) in [6, 6.07) is 4.55. The zero-order valence-corrected chi connectivity index (χ0v) is 13.7. The van der Waals surface area contributed by atoms with Gasteiger partial charge in [0.15, 0.2) is 11.5 Å². The predicted molar refractivity (Wildman–Crippen MR) is 84.8 cm³/mol. The molecule has 20 heavy (non-hydrogen) atoms. The number of aryl methyl sites for hydroxylation is 1. The third kappa shape index (κ3) is 3.89. The smallest absolute Gasteiger partial charge is 0.161 e. The maximum absolute atomic E-state index is 5.45. The highest BCUT2D eigenvalue weighted by atomic mass is 16.5. The Labute approximate surface area is 123 Å². The van der Waals surface area contributed by atoms with Crippen molar-refractivity contribution in [3.8, 4) is 11.5 Å². The van der Waals surface area contributed by atoms with E-state index in [1.807, 2.05) is 0 Å². The van der Waals surface area contributed by atoms with Gasteiger partial charge in [-0.2, -0.15) is 0 Å². The number of benzene rings is 1. The lowest BCUT2D eigenvalue weighted by Gasteiger charge is -2.27. The molecule has 0 aliphatic carbocycles. The fourth-order valence-corrected chi connectivity index (χ4v) is 2.48. The molecule has 0 amide bonds. The third-order valence-electron chi connectivity index (χ3n) is 3.93. The van der Waals surface area contributed by atoms with Gasteiger partial charge in [0, 0.05) is 6.04 Å². The first-order valence-electron chi connectivity index (χ1n) is 7.54. The van der Waals surface area contributed by atoms with Crippen LogP contribution in [0.4, 0.5) is 0 Å². The van der Waals surface area contributed by atoms with Gasteiger partial charge in [-0.25, -0.2) is 0 Å². The molecule has 2 unspecified atom stereocenters. The van der Waals surface area contributed by atoms with Crippen molar-refractivity contribution in [1.29, 1.82) is 0 Å². The van der Waals surface area contributed by atoms with Gasteiger partial charge in [0.05, 0.1) is 14.2 Å². The number of methoxy groups -OCH3 is 2. The quantitative estimate of drug-likeness (QED) is 0.777. The molecular weight excluding hydrogens is 250 g/mol. The molecule has 0 bridgehead atoms. The van der Waals surface area contributed by atoms with Crippen LogP contribution in [-0.4, -0.2) is 20.8 Å². The summed E-state index contributed by atoms with van der Waals surface area (Å²) < 4.78 is 10.8. The molecule has 0 aliphatic rings. The summed E-state index contributed by atoms with van der Waals surface area (Å²) >= 11 is 0. The molecule has 0 fully saturated rings. The molecule has 0 aliphatic heterocycles. The van der Waals surface area contributed by atoms with E-state index < -0.39 is 0 Å². The number of nitrogens with one attached hydrogen (secondary N) is 1. The average Bonchev–Trinajstić information content (AvgIpc) is 2.47. The van der Waals surface area contributed by atoms with Crippen molar-refractivity contribution in [2.75, 3.05) is 20.8 Å². The molecule has 0 heterocycles. The van der Waals surface area contributed by atoms with Crippen molar-refractivity contribution >= 4 is 0 Å². The van der Waals surface area contributed by atoms with E-state index in [0.29, 0.717) is 12.0 Å². The molecular formula is C17H29NO2. The molecule has 0 aromatic heterocycles. The fourth-order valence-electron chi connectivity index (χ4n) is 2.48. The van der Waals surface area contributed by atoms with Gasteiger partial charge in [-0.1, -0.05) is 27.2 Å². The summed E-state index contributed by atoms with van der Waals surface area (Å²) in [5, 5.41) is 3.67. The van der Waals surface area contributed by atoms with Crippen LogP contribution in [0.2, 0.25) is 0 Å². The molecule has 0 saturated heterocycles. The minimum atomic E-state index is 0.361. The summed E-state index contributed by atoms with van der Waals surface area (Å²) in [5.41, 5.74) is 2.56. The van der Waals surface area contributed by atoms with E-state index in [9.17, 15) is 0 Å². The second kappa shape index (κ2) is 8.15. The molecule has 3 heteroatoms. The van der Waals surface area contributed by atoms with Crippen LogP contribution in [0.3, 0.4) is 0 Å². The van der Waals surface area contributed by atoms with Gasteiger partial charge in [-0.15, -0.1) is 0 Å². The molecule has 0 spiro atoms. The fraction of sp³-hybridized carbons (Fsp3) is 0.647. The average molecular weight is 279 g/mol. The summed E-state index contributed by atoms with van der Waals surface area (Å²) in [6.45, 7) is 9.90. The van der Waals surface area contributed by atoms with Crippen molar-refractivity contribution < 1.29 is 9.47 Å². The lowest BCUT2D eigenvalue weighted by Crippen LogP contribution is -2.28. The second-order valence-corrected chi connectivity index (χ2v) is 5.38. The molecule has 0 saturated carbocycles. The van der Waals surface area contributed by atoms with Gasteiger partial charge < -0.3 is 14.8 Å². The minimum absolute atomic E-state index is 0.361. The molecule has 1 aromatic rings. The Kier molecular flexibility index (Phi) is 6.86. The van der Waals surface area contributed by atoms with Gasteiger partial charge >= 0.3 is 0 Å². The maximum atomic E-state index is 5.45. The van der Waals surface area contributed by atoms with Crippen LogP contribution in [0, 0.1) is 12.8 Å². The van der Waals surface area contributed by atoms with E-state index in [-0.39, 0.29) is 0 Å². The van der Waals surface area contributed by atoms with Crippen LogP contribution in [0.15, 0.2) is 12.1 Å². The predicted octanol–water partition coefficient (Wildman–Crippen LogP) is 4.10. The first-order valence-corrected chi connectivity index (χ1v) is 7.54. The SMILES string of the molecule is CCCNC(c1cc(OC)c(OC)cc1C)C(C)CC. The highest BCUT2D eigenvalue weighted by Crippen LogP contribution is 2.35. The molecule has 3 nitrogen and oxygen atoms in total. The summed E-state index contributed by atoms with van der Waals surface area (Å²) in [5.74, 6) is 2.19. The topological polar surface area (TPSA) is 30.5 Å². The van der Waals surface area contributed by atoms with Crippen LogP contribution >= 0.6 is 0 Å². The number of hydrogen-bond donors (Lipinski definition) is 1. The van der Waals surface area contributed by atoms with Crippen molar-refractivity contribution in [2.45, 2.75) is 46.6 Å². The molecule has 114 valence electrons. The lowest BCUT2D eigenvalue weighted by molar-refractivity contribution is 0.347. The Morgan fingerprint density at radius 1 is 1.10 bits per heavy atom. The van der Waals surface area contributed by atoms with E-state index in [4.69, 9.17) is 9.47 Å². The van der Waals surface area contributed by atoms with Crippen LogP contribution in [-0.2, 0) is 0 Å². The molecule has 1 rings (SSSR count). The van der Waals surface area contributed by atoms with Gasteiger partial charge in [-0.3, -0.25) is 0 Å². The van der Waals surface area contributed by atoms with E-state index in [0.717, 1.165) is 30.9 Å². The van der Waals surface area contributed by atoms with Crippen molar-refractivity contribution in [3.63, 3.8) is 0 Å². The molecule has 1 N–H and O–H groups in total. The van der Waals surface area contributed by atoms with Gasteiger partial charge in [0.1, 0.15) is 0 Å². The van der Waals surface area contributed by atoms with Gasteiger partial charge in [-0.05, 0) is 49.1 Å². The first kappa shape index (κ1) is 16.8. The molecule has 0 radical (unpaired) electrons. The van der Waals surface area contributed by atoms with Crippen LogP contribution in [0.1, 0.15) is 50.8 Å². The normalized spacial score (nSPS) is 13.9. The van der Waals surface area contributed by atoms with Gasteiger partial charge in [0.25, 0.3) is 0 Å². The maximum Gasteiger partial charge on any atom is 0.161 e. The second-order valence-electron chi connectivity index (χ2n) is 5.38. The molecule has 2 atom stereocenters. The summed E-state index contributed by atoms with van der Waals surface area (Å²) in [7, 11) is 3.37. The minimum Gasteiger partial charge on any atom is -0.493 e. The van der Waals surface area contributed by atoms with Crippen molar-refractivity contribution in [1.82, 2.24) is 5.32 Å². The highest BCUT2D eigenvalue weighted by Gasteiger charge is 2.21. The van der Waals surface area contributed by atoms with E-state index in [1.54, 1.807) is 14.2 Å².